The largest absolute Gasteiger partial charge is 0.495 e. The number of non-ortho nitro benzene ring substituents is 1. The number of rotatable bonds is 5. The van der Waals surface area contributed by atoms with Crippen molar-refractivity contribution in [3.05, 3.63) is 64.2 Å². The van der Waals surface area contributed by atoms with E-state index in [1.165, 1.54) is 25.3 Å². The van der Waals surface area contributed by atoms with Crippen LogP contribution in [-0.2, 0) is 4.79 Å². The number of carbonyl (C=O) groups is 1. The Morgan fingerprint density at radius 1 is 1.26 bits per heavy atom. The third kappa shape index (κ3) is 3.15. The van der Waals surface area contributed by atoms with Crippen LogP contribution in [0.25, 0.3) is 0 Å². The van der Waals surface area contributed by atoms with Gasteiger partial charge in [-0.2, -0.15) is 0 Å². The fourth-order valence-corrected chi connectivity index (χ4v) is 2.69. The Morgan fingerprint density at radius 2 is 2.00 bits per heavy atom. The Bertz CT molecular complexity index is 746. The minimum atomic E-state index is -0.501. The molecule has 118 valence electrons. The van der Waals surface area contributed by atoms with E-state index in [1.807, 2.05) is 30.3 Å². The van der Waals surface area contributed by atoms with Gasteiger partial charge in [0.25, 0.3) is 5.69 Å². The number of nitrogens with one attached hydrogen (secondary N) is 1. The van der Waals surface area contributed by atoms with Crippen molar-refractivity contribution in [2.45, 2.75) is 12.3 Å². The average molecular weight is 312 g/mol. The van der Waals surface area contributed by atoms with Gasteiger partial charge >= 0.3 is 0 Å². The highest BCUT2D eigenvalue weighted by atomic mass is 16.6. The third-order valence-corrected chi connectivity index (χ3v) is 4.01. The molecule has 0 heterocycles. The second kappa shape index (κ2) is 6.08. The van der Waals surface area contributed by atoms with E-state index < -0.39 is 4.92 Å². The summed E-state index contributed by atoms with van der Waals surface area (Å²) >= 11 is 0. The van der Waals surface area contributed by atoms with Crippen molar-refractivity contribution in [3.8, 4) is 5.75 Å². The number of nitrogens with zero attached hydrogens (tertiary/aromatic N) is 1. The predicted molar refractivity (Wildman–Crippen MR) is 85.6 cm³/mol. The van der Waals surface area contributed by atoms with Gasteiger partial charge in [0, 0.05) is 18.1 Å². The molecular formula is C17H16N2O4. The van der Waals surface area contributed by atoms with Crippen LogP contribution >= 0.6 is 0 Å². The van der Waals surface area contributed by atoms with E-state index in [0.717, 1.165) is 12.0 Å². The van der Waals surface area contributed by atoms with E-state index in [1.54, 1.807) is 0 Å². The summed E-state index contributed by atoms with van der Waals surface area (Å²) in [5, 5.41) is 13.6. The fourth-order valence-electron chi connectivity index (χ4n) is 2.69. The maximum Gasteiger partial charge on any atom is 0.271 e. The smallest absolute Gasteiger partial charge is 0.271 e. The molecule has 1 amide bonds. The summed E-state index contributed by atoms with van der Waals surface area (Å²) in [5.74, 6) is 0.362. The van der Waals surface area contributed by atoms with Crippen LogP contribution in [0.1, 0.15) is 17.9 Å². The molecule has 23 heavy (non-hydrogen) atoms. The number of methoxy groups -OCH3 is 1. The van der Waals surface area contributed by atoms with E-state index >= 15 is 0 Å². The predicted octanol–water partition coefficient (Wildman–Crippen LogP) is 3.35. The summed E-state index contributed by atoms with van der Waals surface area (Å²) in [6.07, 6.45) is 0.785. The second-order valence-electron chi connectivity index (χ2n) is 5.49. The lowest BCUT2D eigenvalue weighted by Crippen LogP contribution is -2.15. The molecule has 2 unspecified atom stereocenters. The molecule has 3 rings (SSSR count). The molecule has 0 saturated heterocycles. The van der Waals surface area contributed by atoms with Gasteiger partial charge in [-0.25, -0.2) is 0 Å². The number of ether oxygens (including phenoxy) is 1. The van der Waals surface area contributed by atoms with Crippen molar-refractivity contribution in [1.29, 1.82) is 0 Å². The maximum absolute atomic E-state index is 12.4. The topological polar surface area (TPSA) is 81.5 Å². The zero-order chi connectivity index (χ0) is 16.4. The van der Waals surface area contributed by atoms with Crippen molar-refractivity contribution in [1.82, 2.24) is 0 Å². The van der Waals surface area contributed by atoms with Gasteiger partial charge in [0.1, 0.15) is 5.75 Å². The summed E-state index contributed by atoms with van der Waals surface area (Å²) in [7, 11) is 1.46. The van der Waals surface area contributed by atoms with Crippen LogP contribution in [0.3, 0.4) is 0 Å². The van der Waals surface area contributed by atoms with Gasteiger partial charge in [-0.3, -0.25) is 14.9 Å². The Hall–Kier alpha value is -2.89. The minimum absolute atomic E-state index is 0.0866. The van der Waals surface area contributed by atoms with Gasteiger partial charge < -0.3 is 10.1 Å². The first kappa shape index (κ1) is 15.0. The van der Waals surface area contributed by atoms with E-state index in [-0.39, 0.29) is 23.4 Å². The van der Waals surface area contributed by atoms with Crippen molar-refractivity contribution >= 4 is 17.3 Å². The number of amides is 1. The highest BCUT2D eigenvalue weighted by Gasteiger charge is 2.44. The van der Waals surface area contributed by atoms with Gasteiger partial charge in [0.2, 0.25) is 5.91 Å². The first-order chi connectivity index (χ1) is 11.1. The molecule has 1 N–H and O–H groups in total. The van der Waals surface area contributed by atoms with E-state index in [2.05, 4.69) is 5.32 Å². The zero-order valence-electron chi connectivity index (χ0n) is 12.6. The number of carbonyl (C=O) groups excluding carboxylic acids is 1. The molecule has 2 aromatic rings. The van der Waals surface area contributed by atoms with Crippen LogP contribution in [-0.4, -0.2) is 17.9 Å². The monoisotopic (exact) mass is 312 g/mol. The lowest BCUT2D eigenvalue weighted by atomic mass is 10.1. The molecule has 1 fully saturated rings. The highest BCUT2D eigenvalue weighted by Crippen LogP contribution is 2.48. The Kier molecular flexibility index (Phi) is 3.97. The molecule has 1 aliphatic carbocycles. The quantitative estimate of drug-likeness (QED) is 0.678. The standard InChI is InChI=1S/C17H16N2O4/c1-23-16-8-7-12(19(21)22)9-15(16)18-17(20)14-10-13(14)11-5-3-2-4-6-11/h2-9,13-14H,10H2,1H3,(H,18,20). The molecule has 1 saturated carbocycles. The van der Waals surface area contributed by atoms with Crippen LogP contribution in [0.4, 0.5) is 11.4 Å². The zero-order valence-corrected chi connectivity index (χ0v) is 12.6. The van der Waals surface area contributed by atoms with Crippen molar-refractivity contribution in [3.63, 3.8) is 0 Å². The third-order valence-electron chi connectivity index (χ3n) is 4.01. The summed E-state index contributed by atoms with van der Waals surface area (Å²) in [6.45, 7) is 0. The molecular weight excluding hydrogens is 296 g/mol. The van der Waals surface area contributed by atoms with Crippen LogP contribution in [0, 0.1) is 16.0 Å². The average Bonchev–Trinajstić information content (AvgIpc) is 3.36. The van der Waals surface area contributed by atoms with Gasteiger partial charge in [-0.05, 0) is 24.0 Å². The lowest BCUT2D eigenvalue weighted by molar-refractivity contribution is -0.384. The summed E-state index contributed by atoms with van der Waals surface area (Å²) in [4.78, 5) is 22.7. The van der Waals surface area contributed by atoms with Crippen LogP contribution in [0.15, 0.2) is 48.5 Å². The highest BCUT2D eigenvalue weighted by molar-refractivity contribution is 5.96. The van der Waals surface area contributed by atoms with Crippen LogP contribution in [0.2, 0.25) is 0 Å². The molecule has 6 heteroatoms. The number of anilines is 1. The molecule has 0 aromatic heterocycles. The van der Waals surface area contributed by atoms with Gasteiger partial charge in [-0.15, -0.1) is 0 Å². The number of benzene rings is 2. The number of hydrogen-bond donors (Lipinski definition) is 1. The molecule has 1 aliphatic rings. The van der Waals surface area contributed by atoms with Crippen molar-refractivity contribution in [2.24, 2.45) is 5.92 Å². The van der Waals surface area contributed by atoms with E-state index in [9.17, 15) is 14.9 Å². The first-order valence-corrected chi connectivity index (χ1v) is 7.28. The van der Waals surface area contributed by atoms with E-state index in [4.69, 9.17) is 4.74 Å². The number of nitro groups is 1. The van der Waals surface area contributed by atoms with Crippen molar-refractivity contribution in [2.75, 3.05) is 12.4 Å². The minimum Gasteiger partial charge on any atom is -0.495 e. The van der Waals surface area contributed by atoms with Gasteiger partial charge in [-0.1, -0.05) is 30.3 Å². The summed E-state index contributed by atoms with van der Waals surface area (Å²) in [5.41, 5.74) is 1.38. The maximum atomic E-state index is 12.4. The SMILES string of the molecule is COc1ccc([N+](=O)[O-])cc1NC(=O)C1CC1c1ccccc1. The Balaban J connectivity index is 1.74. The molecule has 2 aromatic carbocycles. The summed E-state index contributed by atoms with van der Waals surface area (Å²) < 4.78 is 5.16. The molecule has 6 nitrogen and oxygen atoms in total. The lowest BCUT2D eigenvalue weighted by Gasteiger charge is -2.10. The van der Waals surface area contributed by atoms with Crippen LogP contribution < -0.4 is 10.1 Å². The molecule has 0 radical (unpaired) electrons. The Labute approximate surface area is 133 Å². The molecule has 0 spiro atoms. The fraction of sp³-hybridized carbons (Fsp3) is 0.235. The Morgan fingerprint density at radius 3 is 2.65 bits per heavy atom. The normalized spacial score (nSPS) is 19.0. The van der Waals surface area contributed by atoms with Crippen LogP contribution in [0.5, 0.6) is 5.75 Å². The van der Waals surface area contributed by atoms with Gasteiger partial charge in [0.15, 0.2) is 0 Å². The number of hydrogen-bond acceptors (Lipinski definition) is 4. The molecule has 0 bridgehead atoms. The number of nitro benzene ring substituents is 1. The molecule has 0 aliphatic heterocycles. The van der Waals surface area contributed by atoms with E-state index in [0.29, 0.717) is 11.4 Å². The van der Waals surface area contributed by atoms with Gasteiger partial charge in [0.05, 0.1) is 17.7 Å². The first-order valence-electron chi connectivity index (χ1n) is 7.28. The molecule has 2 atom stereocenters. The second-order valence-corrected chi connectivity index (χ2v) is 5.49. The summed E-state index contributed by atoms with van der Waals surface area (Å²) in [6, 6.07) is 14.0. The van der Waals surface area contributed by atoms with Crippen molar-refractivity contribution < 1.29 is 14.5 Å².